The van der Waals surface area contributed by atoms with Crippen molar-refractivity contribution in [3.63, 3.8) is 0 Å². The Kier molecular flexibility index (Phi) is 4.42. The Labute approximate surface area is 121 Å². The number of carbonyl (C=O) groups is 2. The van der Waals surface area contributed by atoms with Crippen molar-refractivity contribution in [2.24, 2.45) is 0 Å². The summed E-state index contributed by atoms with van der Waals surface area (Å²) in [6.45, 7) is 2.86. The Morgan fingerprint density at radius 1 is 1.48 bits per heavy atom. The summed E-state index contributed by atoms with van der Waals surface area (Å²) < 4.78 is 18.7. The van der Waals surface area contributed by atoms with Gasteiger partial charge in [-0.15, -0.1) is 0 Å². The Morgan fingerprint density at radius 2 is 2.24 bits per heavy atom. The lowest BCUT2D eigenvalue weighted by atomic mass is 10.0. The van der Waals surface area contributed by atoms with E-state index in [-0.39, 0.29) is 11.3 Å². The molecule has 1 heterocycles. The number of benzene rings is 1. The molecule has 1 aromatic rings. The number of carboxylic acids is 1. The van der Waals surface area contributed by atoms with Crippen molar-refractivity contribution in [2.45, 2.75) is 25.4 Å². The topological polar surface area (TPSA) is 87.7 Å². The van der Waals surface area contributed by atoms with E-state index < -0.39 is 23.4 Å². The molecule has 0 saturated carbocycles. The van der Waals surface area contributed by atoms with E-state index in [1.165, 1.54) is 0 Å². The third kappa shape index (κ3) is 3.91. The minimum atomic E-state index is -1.24. The number of carbonyl (C=O) groups excluding carboxylic acids is 1. The fourth-order valence-corrected chi connectivity index (χ4v) is 2.22. The van der Waals surface area contributed by atoms with Crippen molar-refractivity contribution < 1.29 is 23.8 Å². The molecule has 21 heavy (non-hydrogen) atoms. The van der Waals surface area contributed by atoms with Gasteiger partial charge < -0.3 is 20.5 Å². The monoisotopic (exact) mass is 296 g/mol. The molecule has 1 aliphatic rings. The van der Waals surface area contributed by atoms with Gasteiger partial charge in [0.25, 0.3) is 0 Å². The fraction of sp³-hybridized carbons (Fsp3) is 0.429. The van der Waals surface area contributed by atoms with Crippen LogP contribution in [0.5, 0.6) is 0 Å². The Hall–Kier alpha value is -2.15. The van der Waals surface area contributed by atoms with Gasteiger partial charge in [0, 0.05) is 13.2 Å². The zero-order valence-electron chi connectivity index (χ0n) is 11.6. The predicted octanol–water partition coefficient (Wildman–Crippen LogP) is 2.21. The summed E-state index contributed by atoms with van der Waals surface area (Å²) in [5.74, 6) is -1.86. The number of ether oxygens (including phenoxy) is 1. The second-order valence-corrected chi connectivity index (χ2v) is 5.20. The molecule has 0 aliphatic carbocycles. The molecule has 1 aromatic carbocycles. The summed E-state index contributed by atoms with van der Waals surface area (Å²) >= 11 is 0. The lowest BCUT2D eigenvalue weighted by Crippen LogP contribution is -2.42. The van der Waals surface area contributed by atoms with Crippen molar-refractivity contribution in [3.05, 3.63) is 29.6 Å². The summed E-state index contributed by atoms with van der Waals surface area (Å²) in [7, 11) is 0. The number of amides is 2. The molecule has 1 aliphatic heterocycles. The van der Waals surface area contributed by atoms with Gasteiger partial charge in [-0.05, 0) is 38.0 Å². The van der Waals surface area contributed by atoms with Crippen LogP contribution in [0.15, 0.2) is 18.2 Å². The van der Waals surface area contributed by atoms with E-state index in [4.69, 9.17) is 9.84 Å². The van der Waals surface area contributed by atoms with Crippen LogP contribution in [0.1, 0.15) is 30.1 Å². The van der Waals surface area contributed by atoms with Crippen LogP contribution in [0, 0.1) is 5.82 Å². The first-order valence-electron chi connectivity index (χ1n) is 6.61. The van der Waals surface area contributed by atoms with Gasteiger partial charge in [0.15, 0.2) is 0 Å². The summed E-state index contributed by atoms with van der Waals surface area (Å²) in [5.41, 5.74) is -0.665. The summed E-state index contributed by atoms with van der Waals surface area (Å²) in [4.78, 5) is 22.8. The van der Waals surface area contributed by atoms with Crippen LogP contribution in [-0.2, 0) is 4.74 Å². The van der Waals surface area contributed by atoms with E-state index in [1.54, 1.807) is 0 Å². The zero-order valence-corrected chi connectivity index (χ0v) is 11.6. The number of nitrogens with one attached hydrogen (secondary N) is 2. The van der Waals surface area contributed by atoms with Crippen LogP contribution >= 0.6 is 0 Å². The minimum Gasteiger partial charge on any atom is -0.478 e. The molecule has 0 radical (unpaired) electrons. The number of anilines is 1. The number of halogens is 1. The van der Waals surface area contributed by atoms with Gasteiger partial charge in [-0.25, -0.2) is 14.0 Å². The van der Waals surface area contributed by atoms with Gasteiger partial charge in [0.2, 0.25) is 0 Å². The third-order valence-electron chi connectivity index (χ3n) is 3.38. The average Bonchev–Trinajstić information content (AvgIpc) is 2.84. The van der Waals surface area contributed by atoms with Gasteiger partial charge in [-0.3, -0.25) is 0 Å². The standard InChI is InChI=1S/C14H17FN2O4/c1-14(5-2-6-21-14)8-16-13(20)17-11-7-9(15)3-4-10(11)12(18)19/h3-4,7H,2,5-6,8H2,1H3,(H,18,19)(H2,16,17,20). The molecule has 7 heteroatoms. The van der Waals surface area contributed by atoms with Crippen LogP contribution in [0.3, 0.4) is 0 Å². The van der Waals surface area contributed by atoms with Gasteiger partial charge in [-0.2, -0.15) is 0 Å². The molecule has 2 rings (SSSR count). The quantitative estimate of drug-likeness (QED) is 0.795. The maximum absolute atomic E-state index is 13.2. The highest BCUT2D eigenvalue weighted by molar-refractivity contribution is 5.99. The van der Waals surface area contributed by atoms with Crippen molar-refractivity contribution in [3.8, 4) is 0 Å². The SMILES string of the molecule is CC1(CNC(=O)Nc2cc(F)ccc2C(=O)O)CCCO1. The summed E-state index contributed by atoms with van der Waals surface area (Å²) in [5, 5.41) is 14.0. The molecule has 0 spiro atoms. The second kappa shape index (κ2) is 6.09. The number of carboxylic acid groups (broad SMARTS) is 1. The normalized spacial score (nSPS) is 21.0. The maximum Gasteiger partial charge on any atom is 0.337 e. The average molecular weight is 296 g/mol. The van der Waals surface area contributed by atoms with Crippen molar-refractivity contribution in [2.75, 3.05) is 18.5 Å². The van der Waals surface area contributed by atoms with E-state index in [0.29, 0.717) is 13.2 Å². The molecule has 1 unspecified atom stereocenters. The smallest absolute Gasteiger partial charge is 0.337 e. The summed E-state index contributed by atoms with van der Waals surface area (Å²) in [6.07, 6.45) is 1.78. The summed E-state index contributed by atoms with van der Waals surface area (Å²) in [6, 6.07) is 2.51. The van der Waals surface area contributed by atoms with Gasteiger partial charge in [0.1, 0.15) is 5.82 Å². The second-order valence-electron chi connectivity index (χ2n) is 5.20. The predicted molar refractivity (Wildman–Crippen MR) is 74.0 cm³/mol. The van der Waals surface area contributed by atoms with Crippen molar-refractivity contribution in [1.82, 2.24) is 5.32 Å². The van der Waals surface area contributed by atoms with Crippen LogP contribution in [0.25, 0.3) is 0 Å². The van der Waals surface area contributed by atoms with E-state index >= 15 is 0 Å². The minimum absolute atomic E-state index is 0.0857. The van der Waals surface area contributed by atoms with E-state index in [2.05, 4.69) is 10.6 Å². The number of rotatable bonds is 4. The lowest BCUT2D eigenvalue weighted by Gasteiger charge is -2.23. The molecule has 1 fully saturated rings. The molecule has 6 nitrogen and oxygen atoms in total. The van der Waals surface area contributed by atoms with Gasteiger partial charge in [-0.1, -0.05) is 0 Å². The van der Waals surface area contributed by atoms with Gasteiger partial charge >= 0.3 is 12.0 Å². The first-order chi connectivity index (χ1) is 9.89. The number of aromatic carboxylic acids is 1. The van der Waals surface area contributed by atoms with Crippen LogP contribution < -0.4 is 10.6 Å². The molecule has 1 saturated heterocycles. The highest BCUT2D eigenvalue weighted by Gasteiger charge is 2.30. The molecule has 0 aromatic heterocycles. The molecular weight excluding hydrogens is 279 g/mol. The molecule has 114 valence electrons. The van der Waals surface area contributed by atoms with Gasteiger partial charge in [0.05, 0.1) is 16.9 Å². The molecule has 0 bridgehead atoms. The molecule has 1 atom stereocenters. The van der Waals surface area contributed by atoms with E-state index in [9.17, 15) is 14.0 Å². The Bertz CT molecular complexity index is 556. The first kappa shape index (κ1) is 15.2. The molecule has 3 N–H and O–H groups in total. The number of urea groups is 1. The van der Waals surface area contributed by atoms with Crippen molar-refractivity contribution >= 4 is 17.7 Å². The molecular formula is C14H17FN2O4. The van der Waals surface area contributed by atoms with Crippen LogP contribution in [0.2, 0.25) is 0 Å². The van der Waals surface area contributed by atoms with Crippen molar-refractivity contribution in [1.29, 1.82) is 0 Å². The number of hydrogen-bond donors (Lipinski definition) is 3. The molecule has 2 amide bonds. The van der Waals surface area contributed by atoms with Crippen LogP contribution in [-0.4, -0.2) is 35.9 Å². The highest BCUT2D eigenvalue weighted by Crippen LogP contribution is 2.24. The Morgan fingerprint density at radius 3 is 2.86 bits per heavy atom. The number of hydrogen-bond acceptors (Lipinski definition) is 3. The largest absolute Gasteiger partial charge is 0.478 e. The van der Waals surface area contributed by atoms with E-state index in [0.717, 1.165) is 31.0 Å². The zero-order chi connectivity index (χ0) is 15.5. The highest BCUT2D eigenvalue weighted by atomic mass is 19.1. The van der Waals surface area contributed by atoms with Crippen LogP contribution in [0.4, 0.5) is 14.9 Å². The lowest BCUT2D eigenvalue weighted by molar-refractivity contribution is 0.0232. The third-order valence-corrected chi connectivity index (χ3v) is 3.38. The van der Waals surface area contributed by atoms with E-state index in [1.807, 2.05) is 6.92 Å². The first-order valence-corrected chi connectivity index (χ1v) is 6.61. The maximum atomic E-state index is 13.2. The Balaban J connectivity index is 1.99. The fourth-order valence-electron chi connectivity index (χ4n) is 2.22.